The van der Waals surface area contributed by atoms with Crippen LogP contribution in [0.5, 0.6) is 0 Å². The van der Waals surface area contributed by atoms with E-state index >= 15 is 0 Å². The predicted molar refractivity (Wildman–Crippen MR) is 76.8 cm³/mol. The third kappa shape index (κ3) is 3.25. The smallest absolute Gasteiger partial charge is 0.267 e. The topological polar surface area (TPSA) is 67.2 Å². The lowest BCUT2D eigenvalue weighted by Crippen LogP contribution is -2.39. The molecule has 20 heavy (non-hydrogen) atoms. The molecule has 0 aromatic carbocycles. The van der Waals surface area contributed by atoms with Crippen LogP contribution in [0.15, 0.2) is 10.9 Å². The van der Waals surface area contributed by atoms with Gasteiger partial charge >= 0.3 is 0 Å². The van der Waals surface area contributed by atoms with E-state index in [-0.39, 0.29) is 11.5 Å². The van der Waals surface area contributed by atoms with Gasteiger partial charge in [-0.2, -0.15) is 5.10 Å². The molecule has 0 radical (unpaired) electrons. The zero-order chi connectivity index (χ0) is 14.7. The van der Waals surface area contributed by atoms with Crippen LogP contribution in [0.4, 0.5) is 0 Å². The number of fused-ring (bicyclic) bond motifs is 1. The van der Waals surface area contributed by atoms with E-state index in [2.05, 4.69) is 10.4 Å². The van der Waals surface area contributed by atoms with Gasteiger partial charge in [0.1, 0.15) is 6.04 Å². The van der Waals surface area contributed by atoms with Gasteiger partial charge in [0.05, 0.1) is 5.69 Å². The predicted octanol–water partition coefficient (Wildman–Crippen LogP) is -0.0292. The number of nitrogens with one attached hydrogen (secondary N) is 1. The summed E-state index contributed by atoms with van der Waals surface area (Å²) in [5, 5.41) is 7.18. The fourth-order valence-corrected chi connectivity index (χ4v) is 2.35. The van der Waals surface area contributed by atoms with Gasteiger partial charge in [0.2, 0.25) is 5.91 Å². The van der Waals surface area contributed by atoms with Gasteiger partial charge in [0.15, 0.2) is 0 Å². The SMILES string of the molecule is CC(C(=O)NCCN(C)C)n1nc2c(cc1=O)CCC2. The van der Waals surface area contributed by atoms with Crippen LogP contribution in [0.3, 0.4) is 0 Å². The summed E-state index contributed by atoms with van der Waals surface area (Å²) in [5.41, 5.74) is 1.80. The Morgan fingerprint density at radius 2 is 2.25 bits per heavy atom. The van der Waals surface area contributed by atoms with Crippen LogP contribution >= 0.6 is 0 Å². The first-order valence-corrected chi connectivity index (χ1v) is 7.03. The number of likely N-dealkylation sites (N-methyl/N-ethyl adjacent to an activating group) is 1. The summed E-state index contributed by atoms with van der Waals surface area (Å²) in [6.45, 7) is 3.04. The van der Waals surface area contributed by atoms with Crippen molar-refractivity contribution < 1.29 is 4.79 Å². The van der Waals surface area contributed by atoms with Crippen molar-refractivity contribution in [3.05, 3.63) is 27.7 Å². The van der Waals surface area contributed by atoms with Crippen LogP contribution in [-0.4, -0.2) is 47.8 Å². The van der Waals surface area contributed by atoms with Gasteiger partial charge in [-0.1, -0.05) is 0 Å². The molecule has 1 aromatic rings. The number of amides is 1. The molecule has 0 aliphatic heterocycles. The van der Waals surface area contributed by atoms with Crippen molar-refractivity contribution >= 4 is 5.91 Å². The molecule has 110 valence electrons. The largest absolute Gasteiger partial charge is 0.353 e. The number of aromatic nitrogens is 2. The second-order valence-electron chi connectivity index (χ2n) is 5.52. The highest BCUT2D eigenvalue weighted by Crippen LogP contribution is 2.17. The Morgan fingerprint density at radius 1 is 1.50 bits per heavy atom. The van der Waals surface area contributed by atoms with Crippen LogP contribution in [0.2, 0.25) is 0 Å². The summed E-state index contributed by atoms with van der Waals surface area (Å²) < 4.78 is 1.30. The number of carbonyl (C=O) groups excluding carboxylic acids is 1. The minimum atomic E-state index is -0.574. The molecule has 0 saturated carbocycles. The summed E-state index contributed by atoms with van der Waals surface area (Å²) in [6.07, 6.45) is 2.85. The van der Waals surface area contributed by atoms with Gasteiger partial charge in [-0.25, -0.2) is 4.68 Å². The van der Waals surface area contributed by atoms with Gasteiger partial charge in [-0.05, 0) is 45.8 Å². The quantitative estimate of drug-likeness (QED) is 0.821. The van der Waals surface area contributed by atoms with Crippen LogP contribution < -0.4 is 10.9 Å². The number of carbonyl (C=O) groups is 1. The van der Waals surface area contributed by atoms with E-state index in [9.17, 15) is 9.59 Å². The summed E-state index contributed by atoms with van der Waals surface area (Å²) in [7, 11) is 3.89. The van der Waals surface area contributed by atoms with Crippen molar-refractivity contribution in [3.63, 3.8) is 0 Å². The lowest BCUT2D eigenvalue weighted by Gasteiger charge is -2.16. The second-order valence-corrected chi connectivity index (χ2v) is 5.52. The maximum atomic E-state index is 12.0. The number of rotatable bonds is 5. The first kappa shape index (κ1) is 14.7. The minimum Gasteiger partial charge on any atom is -0.353 e. The molecule has 6 nitrogen and oxygen atoms in total. The van der Waals surface area contributed by atoms with E-state index in [4.69, 9.17) is 0 Å². The Labute approximate surface area is 118 Å². The minimum absolute atomic E-state index is 0.167. The standard InChI is InChI=1S/C14H22N4O2/c1-10(14(20)15-7-8-17(2)3)18-13(19)9-11-5-4-6-12(11)16-18/h9-10H,4-8H2,1-3H3,(H,15,20). The third-order valence-electron chi connectivity index (χ3n) is 3.59. The molecule has 0 saturated heterocycles. The average Bonchev–Trinajstić information content (AvgIpc) is 2.83. The summed E-state index contributed by atoms with van der Waals surface area (Å²) in [6, 6.07) is 1.05. The van der Waals surface area contributed by atoms with E-state index in [1.807, 2.05) is 19.0 Å². The Morgan fingerprint density at radius 3 is 2.95 bits per heavy atom. The van der Waals surface area contributed by atoms with Crippen molar-refractivity contribution in [2.24, 2.45) is 0 Å². The molecule has 2 rings (SSSR count). The molecule has 0 spiro atoms. The summed E-state index contributed by atoms with van der Waals surface area (Å²) in [5.74, 6) is -0.167. The van der Waals surface area contributed by atoms with Gasteiger partial charge in [0, 0.05) is 19.2 Å². The highest BCUT2D eigenvalue weighted by Gasteiger charge is 2.21. The molecule has 1 amide bonds. The summed E-state index contributed by atoms with van der Waals surface area (Å²) in [4.78, 5) is 26.1. The van der Waals surface area contributed by atoms with Gasteiger partial charge in [-0.15, -0.1) is 0 Å². The zero-order valence-corrected chi connectivity index (χ0v) is 12.3. The van der Waals surface area contributed by atoms with Crippen molar-refractivity contribution in [1.82, 2.24) is 20.0 Å². The fraction of sp³-hybridized carbons (Fsp3) is 0.643. The van der Waals surface area contributed by atoms with E-state index < -0.39 is 6.04 Å². The van der Waals surface area contributed by atoms with Crippen molar-refractivity contribution in [2.45, 2.75) is 32.2 Å². The second kappa shape index (κ2) is 6.17. The van der Waals surface area contributed by atoms with Crippen LogP contribution in [0.1, 0.15) is 30.6 Å². The number of nitrogens with zero attached hydrogens (tertiary/aromatic N) is 3. The molecular weight excluding hydrogens is 256 g/mol. The number of hydrogen-bond donors (Lipinski definition) is 1. The molecule has 1 aliphatic carbocycles. The Hall–Kier alpha value is -1.69. The molecule has 0 fully saturated rings. The summed E-state index contributed by atoms with van der Waals surface area (Å²) >= 11 is 0. The zero-order valence-electron chi connectivity index (χ0n) is 12.3. The monoisotopic (exact) mass is 278 g/mol. The number of hydrogen-bond acceptors (Lipinski definition) is 4. The lowest BCUT2D eigenvalue weighted by atomic mass is 10.2. The van der Waals surface area contributed by atoms with Gasteiger partial charge in [-0.3, -0.25) is 9.59 Å². The lowest BCUT2D eigenvalue weighted by molar-refractivity contribution is -0.124. The van der Waals surface area contributed by atoms with Crippen LogP contribution in [-0.2, 0) is 17.6 Å². The van der Waals surface area contributed by atoms with Crippen LogP contribution in [0.25, 0.3) is 0 Å². The molecule has 1 atom stereocenters. The third-order valence-corrected chi connectivity index (χ3v) is 3.59. The van der Waals surface area contributed by atoms with Gasteiger partial charge in [0.25, 0.3) is 5.56 Å². The molecule has 0 bridgehead atoms. The van der Waals surface area contributed by atoms with E-state index in [0.717, 1.165) is 37.1 Å². The molecule has 1 aromatic heterocycles. The normalized spacial score (nSPS) is 15.2. The molecule has 6 heteroatoms. The Balaban J connectivity index is 2.07. The Bertz CT molecular complexity index is 551. The van der Waals surface area contributed by atoms with Crippen LogP contribution in [0, 0.1) is 0 Å². The first-order valence-electron chi connectivity index (χ1n) is 7.03. The van der Waals surface area contributed by atoms with E-state index in [0.29, 0.717) is 6.54 Å². The Kier molecular flexibility index (Phi) is 4.54. The maximum Gasteiger partial charge on any atom is 0.267 e. The molecule has 1 unspecified atom stereocenters. The first-order chi connectivity index (χ1) is 9.49. The van der Waals surface area contributed by atoms with E-state index in [1.165, 1.54) is 4.68 Å². The molecule has 1 heterocycles. The number of aryl methyl sites for hydroxylation is 2. The molecular formula is C14H22N4O2. The van der Waals surface area contributed by atoms with Crippen molar-refractivity contribution in [1.29, 1.82) is 0 Å². The van der Waals surface area contributed by atoms with Gasteiger partial charge < -0.3 is 10.2 Å². The highest BCUT2D eigenvalue weighted by molar-refractivity contribution is 5.79. The maximum absolute atomic E-state index is 12.0. The fourth-order valence-electron chi connectivity index (χ4n) is 2.35. The molecule has 1 aliphatic rings. The highest BCUT2D eigenvalue weighted by atomic mass is 16.2. The average molecular weight is 278 g/mol. The molecule has 1 N–H and O–H groups in total. The van der Waals surface area contributed by atoms with E-state index in [1.54, 1.807) is 13.0 Å². The van der Waals surface area contributed by atoms with Crippen molar-refractivity contribution in [3.8, 4) is 0 Å². The van der Waals surface area contributed by atoms with Crippen molar-refractivity contribution in [2.75, 3.05) is 27.2 Å².